The molecule has 4 heteroatoms. The normalized spacial score (nSPS) is 15.1. The van der Waals surface area contributed by atoms with Gasteiger partial charge in [-0.2, -0.15) is 0 Å². The van der Waals surface area contributed by atoms with Crippen LogP contribution in [0.3, 0.4) is 0 Å². The second kappa shape index (κ2) is 5.49. The first-order chi connectivity index (χ1) is 7.05. The van der Waals surface area contributed by atoms with Crippen molar-refractivity contribution < 1.29 is 5.11 Å². The van der Waals surface area contributed by atoms with Gasteiger partial charge >= 0.3 is 0 Å². The number of hydrogen-bond donors (Lipinski definition) is 3. The van der Waals surface area contributed by atoms with Crippen molar-refractivity contribution in [3.05, 3.63) is 16.3 Å². The molecule has 0 saturated heterocycles. The standard InChI is InChI=1S/C11H20N2OS/c1-3-5-11(2,14)8-13-7-10-9(12)4-6-15-10/h4,6,13-14H,3,5,7-8,12H2,1-2H3. The van der Waals surface area contributed by atoms with Crippen LogP contribution in [0.25, 0.3) is 0 Å². The number of nitrogens with two attached hydrogens (primary N) is 1. The molecule has 0 fully saturated rings. The van der Waals surface area contributed by atoms with Crippen molar-refractivity contribution in [3.63, 3.8) is 0 Å². The Hall–Kier alpha value is -0.580. The maximum atomic E-state index is 9.92. The van der Waals surface area contributed by atoms with Gasteiger partial charge in [-0.1, -0.05) is 13.3 Å². The number of anilines is 1. The molecule has 0 aliphatic rings. The molecule has 4 N–H and O–H groups in total. The van der Waals surface area contributed by atoms with Gasteiger partial charge in [0.1, 0.15) is 0 Å². The van der Waals surface area contributed by atoms with Gasteiger partial charge in [-0.15, -0.1) is 11.3 Å². The molecule has 0 aliphatic carbocycles. The van der Waals surface area contributed by atoms with Gasteiger partial charge in [-0.05, 0) is 24.8 Å². The van der Waals surface area contributed by atoms with Gasteiger partial charge in [0, 0.05) is 23.7 Å². The molecule has 1 atom stereocenters. The van der Waals surface area contributed by atoms with Crippen LogP contribution in [0.1, 0.15) is 31.6 Å². The van der Waals surface area contributed by atoms with E-state index in [1.807, 2.05) is 18.4 Å². The summed E-state index contributed by atoms with van der Waals surface area (Å²) < 4.78 is 0. The summed E-state index contributed by atoms with van der Waals surface area (Å²) in [6.07, 6.45) is 1.82. The fourth-order valence-corrected chi connectivity index (χ4v) is 2.33. The molecule has 0 spiro atoms. The van der Waals surface area contributed by atoms with E-state index >= 15 is 0 Å². The molecular weight excluding hydrogens is 208 g/mol. The van der Waals surface area contributed by atoms with Crippen LogP contribution in [0.5, 0.6) is 0 Å². The maximum Gasteiger partial charge on any atom is 0.0743 e. The van der Waals surface area contributed by atoms with Crippen molar-refractivity contribution in [1.82, 2.24) is 5.32 Å². The summed E-state index contributed by atoms with van der Waals surface area (Å²) >= 11 is 1.64. The van der Waals surface area contributed by atoms with Gasteiger partial charge in [0.15, 0.2) is 0 Å². The summed E-state index contributed by atoms with van der Waals surface area (Å²) in [4.78, 5) is 1.14. The zero-order valence-corrected chi connectivity index (χ0v) is 10.2. The Labute approximate surface area is 95.3 Å². The Bertz CT molecular complexity index is 297. The van der Waals surface area contributed by atoms with Crippen molar-refractivity contribution in [2.24, 2.45) is 0 Å². The summed E-state index contributed by atoms with van der Waals surface area (Å²) in [6, 6.07) is 1.91. The highest BCUT2D eigenvalue weighted by Gasteiger charge is 2.18. The first kappa shape index (κ1) is 12.5. The Balaban J connectivity index is 2.30. The van der Waals surface area contributed by atoms with E-state index in [9.17, 15) is 5.11 Å². The van der Waals surface area contributed by atoms with Crippen molar-refractivity contribution in [2.45, 2.75) is 38.8 Å². The lowest BCUT2D eigenvalue weighted by molar-refractivity contribution is 0.0499. The van der Waals surface area contributed by atoms with Gasteiger partial charge in [0.25, 0.3) is 0 Å². The molecule has 1 aromatic rings. The lowest BCUT2D eigenvalue weighted by Crippen LogP contribution is -2.37. The van der Waals surface area contributed by atoms with E-state index in [0.29, 0.717) is 6.54 Å². The molecule has 0 saturated carbocycles. The van der Waals surface area contributed by atoms with E-state index in [1.165, 1.54) is 0 Å². The van der Waals surface area contributed by atoms with E-state index in [2.05, 4.69) is 12.2 Å². The summed E-state index contributed by atoms with van der Waals surface area (Å²) in [5.41, 5.74) is 5.98. The van der Waals surface area contributed by atoms with Crippen molar-refractivity contribution >= 4 is 17.0 Å². The van der Waals surface area contributed by atoms with E-state index in [0.717, 1.165) is 30.0 Å². The predicted molar refractivity (Wildman–Crippen MR) is 66.0 cm³/mol. The third kappa shape index (κ3) is 4.20. The summed E-state index contributed by atoms with van der Waals surface area (Å²) in [5, 5.41) is 15.1. The smallest absolute Gasteiger partial charge is 0.0743 e. The van der Waals surface area contributed by atoms with E-state index < -0.39 is 5.60 Å². The summed E-state index contributed by atoms with van der Waals surface area (Å²) in [6.45, 7) is 5.29. The highest BCUT2D eigenvalue weighted by Crippen LogP contribution is 2.18. The predicted octanol–water partition coefficient (Wildman–Crippen LogP) is 1.97. The molecule has 1 unspecified atom stereocenters. The minimum absolute atomic E-state index is 0.609. The quantitative estimate of drug-likeness (QED) is 0.697. The molecule has 0 amide bonds. The molecule has 0 aliphatic heterocycles. The van der Waals surface area contributed by atoms with Gasteiger partial charge in [-0.25, -0.2) is 0 Å². The Morgan fingerprint density at radius 3 is 2.87 bits per heavy atom. The molecular formula is C11H20N2OS. The second-order valence-corrected chi connectivity index (χ2v) is 5.15. The average molecular weight is 228 g/mol. The molecule has 86 valence electrons. The molecule has 1 rings (SSSR count). The fraction of sp³-hybridized carbons (Fsp3) is 0.636. The second-order valence-electron chi connectivity index (χ2n) is 4.15. The summed E-state index contributed by atoms with van der Waals surface area (Å²) in [5.74, 6) is 0. The van der Waals surface area contributed by atoms with Crippen molar-refractivity contribution in [2.75, 3.05) is 12.3 Å². The third-order valence-electron chi connectivity index (χ3n) is 2.36. The van der Waals surface area contributed by atoms with E-state index in [-0.39, 0.29) is 0 Å². The van der Waals surface area contributed by atoms with Crippen LogP contribution in [-0.4, -0.2) is 17.3 Å². The largest absolute Gasteiger partial charge is 0.398 e. The average Bonchev–Trinajstić information content (AvgIpc) is 2.51. The monoisotopic (exact) mass is 228 g/mol. The number of thiophene rings is 1. The van der Waals surface area contributed by atoms with Crippen LogP contribution in [0.15, 0.2) is 11.4 Å². The molecule has 15 heavy (non-hydrogen) atoms. The molecule has 0 radical (unpaired) electrons. The number of hydrogen-bond acceptors (Lipinski definition) is 4. The topological polar surface area (TPSA) is 58.3 Å². The zero-order valence-electron chi connectivity index (χ0n) is 9.42. The minimum Gasteiger partial charge on any atom is -0.398 e. The highest BCUT2D eigenvalue weighted by molar-refractivity contribution is 7.10. The van der Waals surface area contributed by atoms with Gasteiger partial charge in [0.05, 0.1) is 5.60 Å². The fourth-order valence-electron chi connectivity index (χ4n) is 1.57. The molecule has 3 nitrogen and oxygen atoms in total. The SMILES string of the molecule is CCCC(C)(O)CNCc1sccc1N. The van der Waals surface area contributed by atoms with Crippen LogP contribution >= 0.6 is 11.3 Å². The number of aliphatic hydroxyl groups is 1. The van der Waals surface area contributed by atoms with Crippen molar-refractivity contribution in [3.8, 4) is 0 Å². The van der Waals surface area contributed by atoms with Gasteiger partial charge in [0.2, 0.25) is 0 Å². The minimum atomic E-state index is -0.610. The molecule has 1 aromatic heterocycles. The van der Waals surface area contributed by atoms with Crippen LogP contribution in [-0.2, 0) is 6.54 Å². The van der Waals surface area contributed by atoms with Crippen molar-refractivity contribution in [1.29, 1.82) is 0 Å². The lowest BCUT2D eigenvalue weighted by atomic mass is 10.0. The van der Waals surface area contributed by atoms with E-state index in [4.69, 9.17) is 5.73 Å². The highest BCUT2D eigenvalue weighted by atomic mass is 32.1. The van der Waals surface area contributed by atoms with Crippen LogP contribution in [0.2, 0.25) is 0 Å². The van der Waals surface area contributed by atoms with Gasteiger partial charge < -0.3 is 16.2 Å². The zero-order chi connectivity index (χ0) is 11.3. The molecule has 1 heterocycles. The van der Waals surface area contributed by atoms with Crippen LogP contribution < -0.4 is 11.1 Å². The number of nitrogens with one attached hydrogen (secondary N) is 1. The number of rotatable bonds is 6. The van der Waals surface area contributed by atoms with E-state index in [1.54, 1.807) is 11.3 Å². The maximum absolute atomic E-state index is 9.92. The first-order valence-electron chi connectivity index (χ1n) is 5.30. The Morgan fingerprint density at radius 2 is 2.33 bits per heavy atom. The lowest BCUT2D eigenvalue weighted by Gasteiger charge is -2.22. The van der Waals surface area contributed by atoms with Crippen LogP contribution in [0.4, 0.5) is 5.69 Å². The molecule has 0 aromatic carbocycles. The Morgan fingerprint density at radius 1 is 1.60 bits per heavy atom. The molecule has 0 bridgehead atoms. The third-order valence-corrected chi connectivity index (χ3v) is 3.30. The Kier molecular flexibility index (Phi) is 4.57. The summed E-state index contributed by atoms with van der Waals surface area (Å²) in [7, 11) is 0. The van der Waals surface area contributed by atoms with Gasteiger partial charge in [-0.3, -0.25) is 0 Å². The van der Waals surface area contributed by atoms with Crippen LogP contribution in [0, 0.1) is 0 Å². The first-order valence-corrected chi connectivity index (χ1v) is 6.18. The number of nitrogen functional groups attached to an aromatic ring is 1.